The normalized spacial score (nSPS) is 16.6. The smallest absolute Gasteiger partial charge is 0.251 e. The summed E-state index contributed by atoms with van der Waals surface area (Å²) < 4.78 is 13.2. The molecule has 1 aliphatic heterocycles. The zero-order valence-corrected chi connectivity index (χ0v) is 13.1. The van der Waals surface area contributed by atoms with Crippen LogP contribution in [0, 0.1) is 5.82 Å². The lowest BCUT2D eigenvalue weighted by molar-refractivity contribution is 0.0937. The summed E-state index contributed by atoms with van der Waals surface area (Å²) in [6, 6.07) is 8.11. The van der Waals surface area contributed by atoms with Gasteiger partial charge in [0.1, 0.15) is 5.82 Å². The molecule has 2 heterocycles. The molecule has 22 heavy (non-hydrogen) atoms. The predicted molar refractivity (Wildman–Crippen MR) is 86.6 cm³/mol. The van der Waals surface area contributed by atoms with E-state index in [1.807, 2.05) is 0 Å². The van der Waals surface area contributed by atoms with Gasteiger partial charge in [-0.1, -0.05) is 6.07 Å². The van der Waals surface area contributed by atoms with Crippen LogP contribution in [0.1, 0.15) is 34.8 Å². The maximum atomic E-state index is 13.2. The van der Waals surface area contributed by atoms with Gasteiger partial charge < -0.3 is 5.32 Å². The van der Waals surface area contributed by atoms with Gasteiger partial charge in [-0.15, -0.1) is 0 Å². The van der Waals surface area contributed by atoms with Crippen LogP contribution in [0.5, 0.6) is 0 Å². The molecule has 1 fully saturated rings. The van der Waals surface area contributed by atoms with Crippen molar-refractivity contribution in [1.29, 1.82) is 0 Å². The number of nitrogens with zero attached hydrogens (tertiary/aromatic N) is 1. The van der Waals surface area contributed by atoms with Crippen molar-refractivity contribution in [2.45, 2.75) is 18.9 Å². The fraction of sp³-hybridized carbons (Fsp3) is 0.353. The van der Waals surface area contributed by atoms with Crippen LogP contribution in [0.2, 0.25) is 0 Å². The maximum Gasteiger partial charge on any atom is 0.251 e. The Morgan fingerprint density at radius 3 is 2.82 bits per heavy atom. The van der Waals surface area contributed by atoms with E-state index < -0.39 is 0 Å². The number of halogens is 1. The van der Waals surface area contributed by atoms with E-state index in [1.54, 1.807) is 23.5 Å². The van der Waals surface area contributed by atoms with Crippen molar-refractivity contribution in [3.63, 3.8) is 0 Å². The molecule has 1 amide bonds. The monoisotopic (exact) mass is 318 g/mol. The minimum absolute atomic E-state index is 0.200. The molecule has 0 radical (unpaired) electrons. The van der Waals surface area contributed by atoms with E-state index in [0.717, 1.165) is 13.1 Å². The molecule has 1 saturated heterocycles. The summed E-state index contributed by atoms with van der Waals surface area (Å²) in [7, 11) is 0. The van der Waals surface area contributed by atoms with Crippen LogP contribution in [0.3, 0.4) is 0 Å². The third-order valence-corrected chi connectivity index (χ3v) is 4.75. The molecule has 0 aliphatic carbocycles. The average molecular weight is 318 g/mol. The molecular weight excluding hydrogens is 299 g/mol. The van der Waals surface area contributed by atoms with E-state index in [9.17, 15) is 9.18 Å². The maximum absolute atomic E-state index is 13.2. The predicted octanol–water partition coefficient (Wildman–Crippen LogP) is 3.45. The van der Waals surface area contributed by atoms with Crippen molar-refractivity contribution >= 4 is 17.2 Å². The molecule has 3 nitrogen and oxygen atoms in total. The Morgan fingerprint density at radius 2 is 2.14 bits per heavy atom. The van der Waals surface area contributed by atoms with Gasteiger partial charge in [0.05, 0.1) is 6.04 Å². The molecule has 2 aromatic rings. The molecule has 1 aromatic carbocycles. The highest BCUT2D eigenvalue weighted by molar-refractivity contribution is 7.07. The number of thiophene rings is 1. The van der Waals surface area contributed by atoms with Crippen molar-refractivity contribution in [3.05, 3.63) is 58.0 Å². The summed E-state index contributed by atoms with van der Waals surface area (Å²) in [6.45, 7) is 2.68. The topological polar surface area (TPSA) is 32.3 Å². The summed E-state index contributed by atoms with van der Waals surface area (Å²) in [4.78, 5) is 14.6. The van der Waals surface area contributed by atoms with Gasteiger partial charge in [-0.25, -0.2) is 4.39 Å². The van der Waals surface area contributed by atoms with E-state index in [4.69, 9.17) is 0 Å². The second kappa shape index (κ2) is 7.03. The van der Waals surface area contributed by atoms with Gasteiger partial charge in [0.2, 0.25) is 0 Å². The molecule has 3 rings (SSSR count). The first-order chi connectivity index (χ1) is 10.7. The van der Waals surface area contributed by atoms with E-state index >= 15 is 0 Å². The Balaban J connectivity index is 1.67. The molecule has 1 N–H and O–H groups in total. The highest BCUT2D eigenvalue weighted by Gasteiger charge is 2.24. The van der Waals surface area contributed by atoms with Gasteiger partial charge >= 0.3 is 0 Å². The van der Waals surface area contributed by atoms with Gasteiger partial charge in [-0.05, 0) is 66.5 Å². The lowest BCUT2D eigenvalue weighted by atomic mass is 10.1. The fourth-order valence-corrected chi connectivity index (χ4v) is 3.60. The Labute approximate surface area is 133 Å². The first-order valence-electron chi connectivity index (χ1n) is 7.54. The number of carbonyl (C=O) groups is 1. The van der Waals surface area contributed by atoms with Gasteiger partial charge in [-0.2, -0.15) is 11.3 Å². The molecule has 1 aliphatic rings. The summed E-state index contributed by atoms with van der Waals surface area (Å²) in [5.41, 5.74) is 1.61. The number of rotatable bonds is 5. The minimum atomic E-state index is -0.387. The summed E-state index contributed by atoms with van der Waals surface area (Å²) >= 11 is 1.67. The Kier molecular flexibility index (Phi) is 4.85. The van der Waals surface area contributed by atoms with E-state index in [0.29, 0.717) is 12.1 Å². The second-order valence-electron chi connectivity index (χ2n) is 5.54. The largest absolute Gasteiger partial charge is 0.350 e. The van der Waals surface area contributed by atoms with Gasteiger partial charge in [0.15, 0.2) is 0 Å². The van der Waals surface area contributed by atoms with Crippen LogP contribution >= 0.6 is 11.3 Å². The van der Waals surface area contributed by atoms with Crippen molar-refractivity contribution in [3.8, 4) is 0 Å². The number of nitrogens with one attached hydrogen (secondary N) is 1. The van der Waals surface area contributed by atoms with Crippen molar-refractivity contribution in [2.75, 3.05) is 19.6 Å². The zero-order chi connectivity index (χ0) is 15.4. The molecule has 116 valence electrons. The molecule has 0 bridgehead atoms. The number of hydrogen-bond acceptors (Lipinski definition) is 3. The number of benzene rings is 1. The standard InChI is InChI=1S/C17H19FN2OS/c18-15-5-3-4-13(10-15)17(21)19-11-16(14-6-9-22-12-14)20-7-1-2-8-20/h3-6,9-10,12,16H,1-2,7-8,11H2,(H,19,21). The quantitative estimate of drug-likeness (QED) is 0.916. The number of amides is 1. The Bertz CT molecular complexity index is 623. The van der Waals surface area contributed by atoms with E-state index in [2.05, 4.69) is 27.0 Å². The summed E-state index contributed by atoms with van der Waals surface area (Å²) in [5, 5.41) is 7.15. The van der Waals surface area contributed by atoms with E-state index in [1.165, 1.54) is 30.5 Å². The third-order valence-electron chi connectivity index (χ3n) is 4.05. The van der Waals surface area contributed by atoms with Crippen LogP contribution in [-0.4, -0.2) is 30.4 Å². The summed E-state index contributed by atoms with van der Waals surface area (Å²) in [5.74, 6) is -0.611. The lowest BCUT2D eigenvalue weighted by Crippen LogP contribution is -2.36. The van der Waals surface area contributed by atoms with Crippen LogP contribution in [0.25, 0.3) is 0 Å². The molecule has 1 unspecified atom stereocenters. The number of hydrogen-bond donors (Lipinski definition) is 1. The van der Waals surface area contributed by atoms with Crippen LogP contribution in [-0.2, 0) is 0 Å². The first-order valence-corrected chi connectivity index (χ1v) is 8.48. The van der Waals surface area contributed by atoms with Gasteiger partial charge in [0.25, 0.3) is 5.91 Å². The fourth-order valence-electron chi connectivity index (χ4n) is 2.90. The molecular formula is C17H19FN2OS. The van der Waals surface area contributed by atoms with Crippen molar-refractivity contribution in [2.24, 2.45) is 0 Å². The van der Waals surface area contributed by atoms with Gasteiger partial charge in [0, 0.05) is 12.1 Å². The molecule has 1 atom stereocenters. The minimum Gasteiger partial charge on any atom is -0.350 e. The summed E-state index contributed by atoms with van der Waals surface area (Å²) in [6.07, 6.45) is 2.41. The SMILES string of the molecule is O=C(NCC(c1ccsc1)N1CCCC1)c1cccc(F)c1. The van der Waals surface area contributed by atoms with Crippen LogP contribution in [0.4, 0.5) is 4.39 Å². The second-order valence-corrected chi connectivity index (χ2v) is 6.32. The van der Waals surface area contributed by atoms with Crippen LogP contribution in [0.15, 0.2) is 41.1 Å². The van der Waals surface area contributed by atoms with E-state index in [-0.39, 0.29) is 17.8 Å². The van der Waals surface area contributed by atoms with Crippen molar-refractivity contribution < 1.29 is 9.18 Å². The number of carbonyl (C=O) groups excluding carboxylic acids is 1. The highest BCUT2D eigenvalue weighted by atomic mass is 32.1. The molecule has 5 heteroatoms. The molecule has 1 aromatic heterocycles. The molecule has 0 saturated carbocycles. The average Bonchev–Trinajstić information content (AvgIpc) is 3.21. The lowest BCUT2D eigenvalue weighted by Gasteiger charge is -2.27. The number of likely N-dealkylation sites (tertiary alicyclic amines) is 1. The van der Waals surface area contributed by atoms with Crippen LogP contribution < -0.4 is 5.32 Å². The van der Waals surface area contributed by atoms with Crippen molar-refractivity contribution in [1.82, 2.24) is 10.2 Å². The Hall–Kier alpha value is -1.72. The Morgan fingerprint density at radius 1 is 1.32 bits per heavy atom. The van der Waals surface area contributed by atoms with Gasteiger partial charge in [-0.3, -0.25) is 9.69 Å². The highest BCUT2D eigenvalue weighted by Crippen LogP contribution is 2.26. The first kappa shape index (κ1) is 15.2. The zero-order valence-electron chi connectivity index (χ0n) is 12.3. The third kappa shape index (κ3) is 3.54. The molecule has 0 spiro atoms.